The maximum absolute atomic E-state index is 12.4. The average Bonchev–Trinajstić information content (AvgIpc) is 2.46. The molecule has 0 aliphatic carbocycles. The van der Waals surface area contributed by atoms with Crippen LogP contribution in [0.1, 0.15) is 31.4 Å². The zero-order valence-corrected chi connectivity index (χ0v) is 8.79. The maximum atomic E-state index is 12.4. The number of alkyl halides is 3. The summed E-state index contributed by atoms with van der Waals surface area (Å²) in [5.74, 6) is -0.0151. The molecular weight excluding hydrogens is 215 g/mol. The van der Waals surface area contributed by atoms with Crippen molar-refractivity contribution in [2.24, 2.45) is 0 Å². The SMILES string of the molecule is CSc1oc(C(C)C)nc1C(F)(F)F. The molecule has 0 amide bonds. The van der Waals surface area contributed by atoms with E-state index in [0.29, 0.717) is 0 Å². The molecule has 1 heterocycles. The van der Waals surface area contributed by atoms with E-state index in [2.05, 4.69) is 4.98 Å². The first-order valence-corrected chi connectivity index (χ1v) is 5.20. The minimum Gasteiger partial charge on any atom is -0.434 e. The van der Waals surface area contributed by atoms with Crippen molar-refractivity contribution >= 4 is 11.8 Å². The highest BCUT2D eigenvalue weighted by atomic mass is 32.2. The van der Waals surface area contributed by atoms with Gasteiger partial charge in [-0.25, -0.2) is 4.98 Å². The number of hydrogen-bond donors (Lipinski definition) is 0. The van der Waals surface area contributed by atoms with Gasteiger partial charge in [-0.2, -0.15) is 13.2 Å². The van der Waals surface area contributed by atoms with Crippen LogP contribution in [0.3, 0.4) is 0 Å². The Morgan fingerprint density at radius 3 is 2.21 bits per heavy atom. The number of nitrogens with zero attached hydrogens (tertiary/aromatic N) is 1. The van der Waals surface area contributed by atoms with Gasteiger partial charge in [0.1, 0.15) is 0 Å². The minimum absolute atomic E-state index is 0.127. The topological polar surface area (TPSA) is 26.0 Å². The number of hydrogen-bond acceptors (Lipinski definition) is 3. The van der Waals surface area contributed by atoms with E-state index in [1.54, 1.807) is 13.8 Å². The molecule has 0 fully saturated rings. The highest BCUT2D eigenvalue weighted by Gasteiger charge is 2.38. The van der Waals surface area contributed by atoms with Gasteiger partial charge in [0.05, 0.1) is 0 Å². The van der Waals surface area contributed by atoms with Gasteiger partial charge < -0.3 is 4.42 Å². The van der Waals surface area contributed by atoms with Crippen LogP contribution in [0.4, 0.5) is 13.2 Å². The molecule has 1 aromatic heterocycles. The molecule has 2 nitrogen and oxygen atoms in total. The lowest BCUT2D eigenvalue weighted by molar-refractivity contribution is -0.144. The molecule has 1 aromatic rings. The number of aromatic nitrogens is 1. The molecule has 0 aliphatic heterocycles. The molecular formula is C8H10F3NOS. The summed E-state index contributed by atoms with van der Waals surface area (Å²) in [5.41, 5.74) is -0.922. The van der Waals surface area contributed by atoms with Crippen LogP contribution in [-0.2, 0) is 6.18 Å². The van der Waals surface area contributed by atoms with Crippen molar-refractivity contribution < 1.29 is 17.6 Å². The Labute approximate surface area is 83.9 Å². The Bertz CT molecular complexity index is 319. The highest BCUT2D eigenvalue weighted by molar-refractivity contribution is 7.98. The molecule has 0 radical (unpaired) electrons. The Kier molecular flexibility index (Phi) is 3.14. The van der Waals surface area contributed by atoms with Crippen LogP contribution in [0.15, 0.2) is 9.51 Å². The highest BCUT2D eigenvalue weighted by Crippen LogP contribution is 2.37. The van der Waals surface area contributed by atoms with Gasteiger partial charge >= 0.3 is 6.18 Å². The minimum atomic E-state index is -4.44. The van der Waals surface area contributed by atoms with Gasteiger partial charge in [-0.05, 0) is 6.26 Å². The summed E-state index contributed by atoms with van der Waals surface area (Å²) >= 11 is 0.911. The van der Waals surface area contributed by atoms with Crippen LogP contribution in [-0.4, -0.2) is 11.2 Å². The first-order chi connectivity index (χ1) is 6.36. The van der Waals surface area contributed by atoms with Gasteiger partial charge in [0.25, 0.3) is 0 Å². The van der Waals surface area contributed by atoms with Crippen LogP contribution in [0.25, 0.3) is 0 Å². The van der Waals surface area contributed by atoms with Crippen molar-refractivity contribution in [2.75, 3.05) is 6.26 Å². The smallest absolute Gasteiger partial charge is 0.434 e. The average molecular weight is 225 g/mol. The molecule has 0 aliphatic rings. The number of oxazole rings is 1. The number of thioether (sulfide) groups is 1. The van der Waals surface area contributed by atoms with Gasteiger partial charge in [-0.3, -0.25) is 0 Å². The molecule has 0 atom stereocenters. The van der Waals surface area contributed by atoms with Crippen molar-refractivity contribution in [3.63, 3.8) is 0 Å². The summed E-state index contributed by atoms with van der Waals surface area (Å²) < 4.78 is 42.1. The molecule has 0 saturated carbocycles. The molecule has 0 aromatic carbocycles. The third kappa shape index (κ3) is 2.23. The van der Waals surface area contributed by atoms with Crippen molar-refractivity contribution in [1.82, 2.24) is 4.98 Å². The van der Waals surface area contributed by atoms with E-state index in [9.17, 15) is 13.2 Å². The molecule has 0 N–H and O–H groups in total. The van der Waals surface area contributed by atoms with Gasteiger partial charge in [0, 0.05) is 5.92 Å². The van der Waals surface area contributed by atoms with Crippen LogP contribution in [0.5, 0.6) is 0 Å². The molecule has 0 unspecified atom stereocenters. The Morgan fingerprint density at radius 1 is 1.36 bits per heavy atom. The monoisotopic (exact) mass is 225 g/mol. The van der Waals surface area contributed by atoms with Crippen LogP contribution in [0, 0.1) is 0 Å². The van der Waals surface area contributed by atoms with Crippen molar-refractivity contribution in [3.05, 3.63) is 11.6 Å². The molecule has 0 saturated heterocycles. The first-order valence-electron chi connectivity index (χ1n) is 3.98. The fourth-order valence-corrected chi connectivity index (χ4v) is 1.41. The molecule has 1 rings (SSSR count). The lowest BCUT2D eigenvalue weighted by Gasteiger charge is -2.01. The molecule has 80 valence electrons. The van der Waals surface area contributed by atoms with Crippen LogP contribution < -0.4 is 0 Å². The normalized spacial score (nSPS) is 12.5. The van der Waals surface area contributed by atoms with E-state index >= 15 is 0 Å². The third-order valence-corrected chi connectivity index (χ3v) is 2.21. The van der Waals surface area contributed by atoms with E-state index in [-0.39, 0.29) is 16.9 Å². The summed E-state index contributed by atoms with van der Waals surface area (Å²) in [6.45, 7) is 3.46. The Hall–Kier alpha value is -0.650. The number of rotatable bonds is 2. The van der Waals surface area contributed by atoms with Crippen molar-refractivity contribution in [1.29, 1.82) is 0 Å². The predicted molar refractivity (Wildman–Crippen MR) is 47.4 cm³/mol. The second-order valence-corrected chi connectivity index (χ2v) is 3.82. The first kappa shape index (κ1) is 11.4. The lowest BCUT2D eigenvalue weighted by Crippen LogP contribution is -2.07. The molecule has 0 bridgehead atoms. The standard InChI is InChI=1S/C8H10F3NOS/c1-4(2)6-12-5(8(9,10)11)7(13-6)14-3/h4H,1-3H3. The predicted octanol–water partition coefficient (Wildman–Crippen LogP) is 3.54. The summed E-state index contributed by atoms with van der Waals surface area (Å²) in [6, 6.07) is 0. The van der Waals surface area contributed by atoms with Gasteiger partial charge in [0.15, 0.2) is 16.7 Å². The summed E-state index contributed by atoms with van der Waals surface area (Å²) in [6.07, 6.45) is -2.91. The molecule has 0 spiro atoms. The van der Waals surface area contributed by atoms with Crippen LogP contribution in [0.2, 0.25) is 0 Å². The summed E-state index contributed by atoms with van der Waals surface area (Å²) in [5, 5.41) is -0.166. The Morgan fingerprint density at radius 2 is 1.93 bits per heavy atom. The van der Waals surface area contributed by atoms with Crippen LogP contribution >= 0.6 is 11.8 Å². The second kappa shape index (κ2) is 3.84. The van der Waals surface area contributed by atoms with E-state index in [1.165, 1.54) is 6.26 Å². The quantitative estimate of drug-likeness (QED) is 0.720. The van der Waals surface area contributed by atoms with Crippen molar-refractivity contribution in [2.45, 2.75) is 31.0 Å². The summed E-state index contributed by atoms with van der Waals surface area (Å²) in [4.78, 5) is 3.44. The van der Waals surface area contributed by atoms with Gasteiger partial charge in [-0.15, -0.1) is 0 Å². The Balaban J connectivity index is 3.16. The fraction of sp³-hybridized carbons (Fsp3) is 0.625. The molecule has 6 heteroatoms. The van der Waals surface area contributed by atoms with E-state index in [1.807, 2.05) is 0 Å². The molecule has 14 heavy (non-hydrogen) atoms. The van der Waals surface area contributed by atoms with Gasteiger partial charge in [-0.1, -0.05) is 25.6 Å². The summed E-state index contributed by atoms with van der Waals surface area (Å²) in [7, 11) is 0. The second-order valence-electron chi connectivity index (χ2n) is 3.04. The van der Waals surface area contributed by atoms with E-state index < -0.39 is 11.9 Å². The largest absolute Gasteiger partial charge is 0.437 e. The fourth-order valence-electron chi connectivity index (χ4n) is 0.886. The van der Waals surface area contributed by atoms with Gasteiger partial charge in [0.2, 0.25) is 0 Å². The number of halogens is 3. The maximum Gasteiger partial charge on any atom is 0.437 e. The lowest BCUT2D eigenvalue weighted by atomic mass is 10.2. The zero-order valence-electron chi connectivity index (χ0n) is 7.97. The zero-order chi connectivity index (χ0) is 10.9. The van der Waals surface area contributed by atoms with Crippen molar-refractivity contribution in [3.8, 4) is 0 Å². The van der Waals surface area contributed by atoms with E-state index in [4.69, 9.17) is 4.42 Å². The third-order valence-electron chi connectivity index (χ3n) is 1.56. The van der Waals surface area contributed by atoms with E-state index in [0.717, 1.165) is 11.8 Å².